The van der Waals surface area contributed by atoms with Crippen molar-refractivity contribution in [2.45, 2.75) is 83.0 Å². The van der Waals surface area contributed by atoms with Crippen molar-refractivity contribution < 1.29 is 4.79 Å². The number of nitrogens with one attached hydrogen (secondary N) is 1. The summed E-state index contributed by atoms with van der Waals surface area (Å²) in [5.74, 6) is 0.912. The van der Waals surface area contributed by atoms with E-state index >= 15 is 0 Å². The average molecular weight is 420 g/mol. The molecule has 1 amide bonds. The fraction of sp³-hybridized carbons (Fsp3) is 0.667. The first kappa shape index (κ1) is 20.0. The van der Waals surface area contributed by atoms with Crippen molar-refractivity contribution in [1.29, 1.82) is 0 Å². The molecule has 0 bridgehead atoms. The molecule has 0 radical (unpaired) electrons. The van der Waals surface area contributed by atoms with E-state index in [9.17, 15) is 9.59 Å². The molecule has 2 aliphatic rings. The van der Waals surface area contributed by atoms with Gasteiger partial charge in [-0.15, -0.1) is 11.3 Å². The number of thioether (sulfide) groups is 1. The molecular weight excluding hydrogens is 390 g/mol. The van der Waals surface area contributed by atoms with E-state index in [0.717, 1.165) is 42.3 Å². The van der Waals surface area contributed by atoms with Crippen molar-refractivity contribution in [2.75, 3.05) is 5.75 Å². The molecule has 0 aliphatic heterocycles. The summed E-state index contributed by atoms with van der Waals surface area (Å²) < 4.78 is 1.79. The second kappa shape index (κ2) is 8.57. The van der Waals surface area contributed by atoms with Crippen LogP contribution in [0.1, 0.15) is 62.8 Å². The Morgan fingerprint density at radius 1 is 1.29 bits per heavy atom. The Balaban J connectivity index is 1.53. The second-order valence-electron chi connectivity index (χ2n) is 8.11. The fourth-order valence-corrected chi connectivity index (χ4v) is 6.64. The minimum Gasteiger partial charge on any atom is -0.352 e. The topological polar surface area (TPSA) is 64.0 Å². The number of hydrogen-bond acceptors (Lipinski definition) is 5. The Hall–Kier alpha value is -1.34. The number of aryl methyl sites for hydroxylation is 2. The zero-order chi connectivity index (χ0) is 19.7. The molecule has 2 aromatic rings. The highest BCUT2D eigenvalue weighted by atomic mass is 32.2. The lowest BCUT2D eigenvalue weighted by atomic mass is 9.86. The predicted octanol–water partition coefficient (Wildman–Crippen LogP) is 4.14. The molecule has 1 N–H and O–H groups in total. The number of carbonyl (C=O) groups excluding carboxylic acids is 1. The van der Waals surface area contributed by atoms with Crippen LogP contribution >= 0.6 is 23.1 Å². The number of fused-ring (bicyclic) bond motifs is 3. The molecule has 1 fully saturated rings. The summed E-state index contributed by atoms with van der Waals surface area (Å²) in [6.07, 6.45) is 8.79. The smallest absolute Gasteiger partial charge is 0.263 e. The summed E-state index contributed by atoms with van der Waals surface area (Å²) in [7, 11) is 0. The molecule has 0 saturated heterocycles. The molecule has 0 spiro atoms. The molecule has 5 nitrogen and oxygen atoms in total. The predicted molar refractivity (Wildman–Crippen MR) is 116 cm³/mol. The van der Waals surface area contributed by atoms with Crippen molar-refractivity contribution in [1.82, 2.24) is 14.9 Å². The number of amides is 1. The minimum atomic E-state index is 0.0508. The largest absolute Gasteiger partial charge is 0.352 e. The summed E-state index contributed by atoms with van der Waals surface area (Å²) >= 11 is 3.07. The molecule has 2 aliphatic carbocycles. The molecule has 0 aromatic carbocycles. The zero-order valence-corrected chi connectivity index (χ0v) is 18.4. The van der Waals surface area contributed by atoms with Crippen LogP contribution in [-0.2, 0) is 24.2 Å². The van der Waals surface area contributed by atoms with Gasteiger partial charge in [0.05, 0.1) is 11.1 Å². The van der Waals surface area contributed by atoms with Crippen molar-refractivity contribution in [3.8, 4) is 0 Å². The van der Waals surface area contributed by atoms with Gasteiger partial charge >= 0.3 is 0 Å². The third kappa shape index (κ3) is 3.88. The fourth-order valence-electron chi connectivity index (χ4n) is 4.50. The molecule has 2 atom stereocenters. The molecular formula is C21H29N3O2S2. The monoisotopic (exact) mass is 419 g/mol. The Labute approximate surface area is 174 Å². The minimum absolute atomic E-state index is 0.0508. The van der Waals surface area contributed by atoms with Crippen LogP contribution in [0.5, 0.6) is 0 Å². The van der Waals surface area contributed by atoms with Gasteiger partial charge in [-0.1, -0.05) is 38.5 Å². The van der Waals surface area contributed by atoms with Gasteiger partial charge in [0.25, 0.3) is 5.56 Å². The highest BCUT2D eigenvalue weighted by molar-refractivity contribution is 7.99. The van der Waals surface area contributed by atoms with Crippen LogP contribution < -0.4 is 10.9 Å². The Morgan fingerprint density at radius 3 is 2.89 bits per heavy atom. The van der Waals surface area contributed by atoms with E-state index in [1.54, 1.807) is 15.9 Å². The van der Waals surface area contributed by atoms with Crippen LogP contribution in [0.2, 0.25) is 0 Å². The van der Waals surface area contributed by atoms with Crippen LogP contribution in [0.4, 0.5) is 0 Å². The van der Waals surface area contributed by atoms with Gasteiger partial charge in [-0.3, -0.25) is 14.2 Å². The van der Waals surface area contributed by atoms with Gasteiger partial charge in [0.1, 0.15) is 4.83 Å². The van der Waals surface area contributed by atoms with Crippen molar-refractivity contribution >= 4 is 39.2 Å². The molecule has 0 unspecified atom stereocenters. The van der Waals surface area contributed by atoms with Gasteiger partial charge in [-0.05, 0) is 50.0 Å². The first-order valence-electron chi connectivity index (χ1n) is 10.6. The lowest BCUT2D eigenvalue weighted by Crippen LogP contribution is -2.41. The summed E-state index contributed by atoms with van der Waals surface area (Å²) in [5, 5.41) is 4.72. The number of thiophene rings is 1. The van der Waals surface area contributed by atoms with Crippen molar-refractivity contribution in [2.24, 2.45) is 5.92 Å². The van der Waals surface area contributed by atoms with Gasteiger partial charge in [0, 0.05) is 17.5 Å². The number of hydrogen-bond donors (Lipinski definition) is 1. The summed E-state index contributed by atoms with van der Waals surface area (Å²) in [6.45, 7) is 4.94. The Kier molecular flexibility index (Phi) is 6.11. The first-order chi connectivity index (χ1) is 13.6. The maximum atomic E-state index is 13.2. The lowest BCUT2D eigenvalue weighted by Gasteiger charge is -2.29. The van der Waals surface area contributed by atoms with Gasteiger partial charge in [0.2, 0.25) is 5.91 Å². The van der Waals surface area contributed by atoms with Gasteiger partial charge in [-0.25, -0.2) is 4.98 Å². The molecule has 2 heterocycles. The van der Waals surface area contributed by atoms with Crippen LogP contribution in [0.3, 0.4) is 0 Å². The third-order valence-electron chi connectivity index (χ3n) is 6.03. The molecule has 4 rings (SSSR count). The van der Waals surface area contributed by atoms with E-state index in [1.807, 2.05) is 0 Å². The number of nitrogens with zero attached hydrogens (tertiary/aromatic N) is 2. The molecule has 1 saturated carbocycles. The highest BCUT2D eigenvalue weighted by Crippen LogP contribution is 2.35. The number of aromatic nitrogens is 2. The van der Waals surface area contributed by atoms with Gasteiger partial charge in [0.15, 0.2) is 5.16 Å². The maximum absolute atomic E-state index is 13.2. The second-order valence-corrected chi connectivity index (χ2v) is 10.1. The number of carbonyl (C=O) groups is 1. The summed E-state index contributed by atoms with van der Waals surface area (Å²) in [6, 6.07) is 0.287. The Morgan fingerprint density at radius 2 is 2.11 bits per heavy atom. The summed E-state index contributed by atoms with van der Waals surface area (Å²) in [5.41, 5.74) is 1.30. The van der Waals surface area contributed by atoms with E-state index in [1.165, 1.54) is 41.5 Å². The van der Waals surface area contributed by atoms with E-state index in [-0.39, 0.29) is 17.5 Å². The third-order valence-corrected chi connectivity index (χ3v) is 8.19. The van der Waals surface area contributed by atoms with E-state index in [4.69, 9.17) is 4.98 Å². The van der Waals surface area contributed by atoms with E-state index in [2.05, 4.69) is 19.2 Å². The van der Waals surface area contributed by atoms with Crippen LogP contribution in [0, 0.1) is 5.92 Å². The summed E-state index contributed by atoms with van der Waals surface area (Å²) in [4.78, 5) is 32.7. The quantitative estimate of drug-likeness (QED) is 0.564. The highest BCUT2D eigenvalue weighted by Gasteiger charge is 2.25. The van der Waals surface area contributed by atoms with E-state index < -0.39 is 0 Å². The zero-order valence-electron chi connectivity index (χ0n) is 16.8. The van der Waals surface area contributed by atoms with E-state index in [0.29, 0.717) is 23.4 Å². The molecule has 7 heteroatoms. The van der Waals surface area contributed by atoms with Crippen LogP contribution in [0.25, 0.3) is 10.2 Å². The SMILES string of the molecule is CCCn1c(SCC(=O)N[C@@H]2CCCC[C@H]2C)nc2sc3c(c2c1=O)CCC3. The maximum Gasteiger partial charge on any atom is 0.263 e. The van der Waals surface area contributed by atoms with Crippen molar-refractivity contribution in [3.05, 3.63) is 20.8 Å². The molecule has 2 aromatic heterocycles. The van der Waals surface area contributed by atoms with Crippen LogP contribution in [-0.4, -0.2) is 27.3 Å². The van der Waals surface area contributed by atoms with Crippen LogP contribution in [0.15, 0.2) is 9.95 Å². The van der Waals surface area contributed by atoms with Gasteiger partial charge < -0.3 is 5.32 Å². The average Bonchev–Trinajstić information content (AvgIpc) is 3.25. The van der Waals surface area contributed by atoms with Gasteiger partial charge in [-0.2, -0.15) is 0 Å². The van der Waals surface area contributed by atoms with Crippen molar-refractivity contribution in [3.63, 3.8) is 0 Å². The normalized spacial score (nSPS) is 21.8. The Bertz CT molecular complexity index is 934. The first-order valence-corrected chi connectivity index (χ1v) is 12.4. The molecule has 152 valence electrons. The molecule has 28 heavy (non-hydrogen) atoms. The standard InChI is InChI=1S/C21H29N3O2S2/c1-3-11-24-20(26)18-14-8-6-10-16(14)28-19(18)23-21(24)27-12-17(25)22-15-9-5-4-7-13(15)2/h13,15H,3-12H2,1-2H3,(H,22,25)/t13-,15-/m1/s1. The lowest BCUT2D eigenvalue weighted by molar-refractivity contribution is -0.119. The number of rotatable bonds is 6.